The standard InChI is InChI=1S/C14H17NO5S/c1-3-15-11-7-5-4-6-10(11)12(18-2)13(21(15,16)17)14-19-8-9-20-14/h4-7,14H,3,8-9H2,1-2H3. The Kier molecular flexibility index (Phi) is 3.64. The number of hydrogen-bond donors (Lipinski definition) is 0. The molecule has 114 valence electrons. The second-order valence-corrected chi connectivity index (χ2v) is 6.49. The number of anilines is 1. The molecule has 1 fully saturated rings. The topological polar surface area (TPSA) is 65.1 Å². The number of fused-ring (bicyclic) bond motifs is 1. The van der Waals surface area contributed by atoms with Crippen LogP contribution < -0.4 is 4.31 Å². The molecule has 6 nitrogen and oxygen atoms in total. The Hall–Kier alpha value is -1.57. The third kappa shape index (κ3) is 2.12. The minimum absolute atomic E-state index is 0.0445. The number of ether oxygens (including phenoxy) is 3. The number of para-hydroxylation sites is 1. The van der Waals surface area contributed by atoms with Gasteiger partial charge >= 0.3 is 0 Å². The van der Waals surface area contributed by atoms with E-state index in [1.54, 1.807) is 19.1 Å². The highest BCUT2D eigenvalue weighted by atomic mass is 32.2. The molecule has 0 spiro atoms. The Balaban J connectivity index is 2.28. The van der Waals surface area contributed by atoms with Crippen molar-refractivity contribution in [3.05, 3.63) is 34.7 Å². The lowest BCUT2D eigenvalue weighted by molar-refractivity contribution is -0.00624. The predicted octanol–water partition coefficient (Wildman–Crippen LogP) is 1.54. The van der Waals surface area contributed by atoms with Crippen LogP contribution in [0.3, 0.4) is 0 Å². The molecule has 0 aromatic heterocycles. The first-order valence-corrected chi connectivity index (χ1v) is 8.18. The summed E-state index contributed by atoms with van der Waals surface area (Å²) in [5.74, 6) is 0.294. The molecule has 1 aromatic carbocycles. The summed E-state index contributed by atoms with van der Waals surface area (Å²) < 4.78 is 43.3. The van der Waals surface area contributed by atoms with Gasteiger partial charge in [0.1, 0.15) is 5.76 Å². The maximum Gasteiger partial charge on any atom is 0.269 e. The van der Waals surface area contributed by atoms with Crippen LogP contribution in [-0.4, -0.2) is 41.6 Å². The smallest absolute Gasteiger partial charge is 0.269 e. The summed E-state index contributed by atoms with van der Waals surface area (Å²) in [5, 5.41) is 0. The van der Waals surface area contributed by atoms with Crippen molar-refractivity contribution in [2.24, 2.45) is 0 Å². The zero-order valence-electron chi connectivity index (χ0n) is 11.9. The van der Waals surface area contributed by atoms with E-state index in [0.29, 0.717) is 31.2 Å². The highest BCUT2D eigenvalue weighted by molar-refractivity contribution is 7.96. The summed E-state index contributed by atoms with van der Waals surface area (Å²) in [5.41, 5.74) is 1.34. The van der Waals surface area contributed by atoms with Crippen LogP contribution in [0.2, 0.25) is 0 Å². The molecular formula is C14H17NO5S. The van der Waals surface area contributed by atoms with Gasteiger partial charge in [0.05, 0.1) is 26.0 Å². The van der Waals surface area contributed by atoms with E-state index in [9.17, 15) is 8.42 Å². The molecule has 21 heavy (non-hydrogen) atoms. The molecule has 7 heteroatoms. The van der Waals surface area contributed by atoms with Gasteiger partial charge in [0, 0.05) is 12.1 Å². The van der Waals surface area contributed by atoms with Crippen molar-refractivity contribution in [3.8, 4) is 0 Å². The third-order valence-corrected chi connectivity index (χ3v) is 5.51. The predicted molar refractivity (Wildman–Crippen MR) is 78.0 cm³/mol. The SMILES string of the molecule is CCN1c2ccccc2C(OC)=C(C2OCCO2)S1(=O)=O. The summed E-state index contributed by atoms with van der Waals surface area (Å²) in [6, 6.07) is 7.25. The van der Waals surface area contributed by atoms with Crippen molar-refractivity contribution in [1.29, 1.82) is 0 Å². The lowest BCUT2D eigenvalue weighted by Crippen LogP contribution is -2.39. The minimum Gasteiger partial charge on any atom is -0.495 e. The van der Waals surface area contributed by atoms with Crippen molar-refractivity contribution in [2.45, 2.75) is 13.2 Å². The van der Waals surface area contributed by atoms with Gasteiger partial charge in [0.2, 0.25) is 0 Å². The van der Waals surface area contributed by atoms with Crippen LogP contribution in [0.5, 0.6) is 0 Å². The second-order valence-electron chi connectivity index (χ2n) is 4.66. The van der Waals surface area contributed by atoms with Gasteiger partial charge < -0.3 is 14.2 Å². The van der Waals surface area contributed by atoms with E-state index in [4.69, 9.17) is 14.2 Å². The molecule has 0 saturated carbocycles. The molecule has 1 saturated heterocycles. The van der Waals surface area contributed by atoms with Crippen LogP contribution >= 0.6 is 0 Å². The molecule has 2 heterocycles. The summed E-state index contributed by atoms with van der Waals surface area (Å²) in [4.78, 5) is 0.0445. The van der Waals surface area contributed by atoms with E-state index in [1.807, 2.05) is 12.1 Å². The maximum atomic E-state index is 12.9. The van der Waals surface area contributed by atoms with Crippen molar-refractivity contribution in [3.63, 3.8) is 0 Å². The fraction of sp³-hybridized carbons (Fsp3) is 0.429. The molecule has 2 aliphatic heterocycles. The number of methoxy groups -OCH3 is 1. The summed E-state index contributed by atoms with van der Waals surface area (Å²) in [6.07, 6.45) is -0.910. The van der Waals surface area contributed by atoms with Crippen LogP contribution in [0.25, 0.3) is 5.76 Å². The van der Waals surface area contributed by atoms with Crippen molar-refractivity contribution in [2.75, 3.05) is 31.2 Å². The van der Waals surface area contributed by atoms with Crippen molar-refractivity contribution >= 4 is 21.5 Å². The Morgan fingerprint density at radius 1 is 1.29 bits per heavy atom. The summed E-state index contributed by atoms with van der Waals surface area (Å²) in [7, 11) is -2.28. The fourth-order valence-corrected chi connectivity index (χ4v) is 4.47. The van der Waals surface area contributed by atoms with Crippen LogP contribution in [0, 0.1) is 0 Å². The Labute approximate surface area is 124 Å². The van der Waals surface area contributed by atoms with E-state index in [1.165, 1.54) is 11.4 Å². The van der Waals surface area contributed by atoms with Gasteiger partial charge in [-0.25, -0.2) is 8.42 Å². The molecule has 0 atom stereocenters. The number of sulfonamides is 1. The molecule has 0 radical (unpaired) electrons. The average Bonchev–Trinajstić information content (AvgIpc) is 2.98. The molecule has 0 unspecified atom stereocenters. The van der Waals surface area contributed by atoms with E-state index in [-0.39, 0.29) is 4.91 Å². The molecule has 2 aliphatic rings. The molecule has 0 amide bonds. The number of rotatable bonds is 3. The van der Waals surface area contributed by atoms with Gasteiger partial charge in [-0.05, 0) is 19.1 Å². The number of hydrogen-bond acceptors (Lipinski definition) is 5. The van der Waals surface area contributed by atoms with E-state index < -0.39 is 16.3 Å². The molecule has 0 N–H and O–H groups in total. The molecule has 1 aromatic rings. The summed E-state index contributed by atoms with van der Waals surface area (Å²) in [6.45, 7) is 2.86. The van der Waals surface area contributed by atoms with Gasteiger partial charge in [-0.3, -0.25) is 4.31 Å². The summed E-state index contributed by atoms with van der Waals surface area (Å²) >= 11 is 0. The normalized spacial score (nSPS) is 21.5. The van der Waals surface area contributed by atoms with E-state index in [2.05, 4.69) is 0 Å². The van der Waals surface area contributed by atoms with Crippen LogP contribution in [0.15, 0.2) is 29.2 Å². The zero-order chi connectivity index (χ0) is 15.0. The van der Waals surface area contributed by atoms with Gasteiger partial charge in [-0.1, -0.05) is 12.1 Å². The molecule has 3 rings (SSSR count). The third-order valence-electron chi connectivity index (χ3n) is 3.54. The first kappa shape index (κ1) is 14.4. The van der Waals surface area contributed by atoms with Gasteiger partial charge in [0.15, 0.2) is 11.2 Å². The Morgan fingerprint density at radius 2 is 1.95 bits per heavy atom. The molecule has 0 bridgehead atoms. The van der Waals surface area contributed by atoms with Crippen LogP contribution in [0.4, 0.5) is 5.69 Å². The minimum atomic E-state index is -3.73. The second kappa shape index (κ2) is 5.32. The number of nitrogens with zero attached hydrogens (tertiary/aromatic N) is 1. The average molecular weight is 311 g/mol. The first-order chi connectivity index (χ1) is 10.1. The van der Waals surface area contributed by atoms with Gasteiger partial charge in [0.25, 0.3) is 10.0 Å². The first-order valence-electron chi connectivity index (χ1n) is 6.74. The Bertz CT molecular complexity index is 676. The fourth-order valence-electron chi connectivity index (χ4n) is 2.67. The van der Waals surface area contributed by atoms with E-state index in [0.717, 1.165) is 5.56 Å². The van der Waals surface area contributed by atoms with Gasteiger partial charge in [-0.15, -0.1) is 0 Å². The van der Waals surface area contributed by atoms with Crippen LogP contribution in [-0.2, 0) is 24.2 Å². The van der Waals surface area contributed by atoms with Crippen molar-refractivity contribution in [1.82, 2.24) is 0 Å². The monoisotopic (exact) mass is 311 g/mol. The highest BCUT2D eigenvalue weighted by Gasteiger charge is 2.43. The quantitative estimate of drug-likeness (QED) is 0.847. The van der Waals surface area contributed by atoms with Crippen molar-refractivity contribution < 1.29 is 22.6 Å². The maximum absolute atomic E-state index is 12.9. The number of benzene rings is 1. The van der Waals surface area contributed by atoms with Gasteiger partial charge in [-0.2, -0.15) is 0 Å². The lowest BCUT2D eigenvalue weighted by Gasteiger charge is -2.33. The molecular weight excluding hydrogens is 294 g/mol. The highest BCUT2D eigenvalue weighted by Crippen LogP contribution is 2.41. The van der Waals surface area contributed by atoms with E-state index >= 15 is 0 Å². The molecule has 0 aliphatic carbocycles. The lowest BCUT2D eigenvalue weighted by atomic mass is 10.1. The zero-order valence-corrected chi connectivity index (χ0v) is 12.7. The van der Waals surface area contributed by atoms with Crippen LogP contribution in [0.1, 0.15) is 12.5 Å². The largest absolute Gasteiger partial charge is 0.495 e. The Morgan fingerprint density at radius 3 is 2.57 bits per heavy atom.